The van der Waals surface area contributed by atoms with Crippen LogP contribution in [0.2, 0.25) is 5.02 Å². The number of ether oxygens (including phenoxy) is 2. The number of carbonyl (C=O) groups is 2. The molecule has 0 radical (unpaired) electrons. The standard InChI is InChI=1S/C26H21ClN2O5/c1-16-20(25(30)29(28-16)19-9-10-22(27)21(14-19)26(31)32)12-18-8-11-23(24(13-18)33-2)34-15-17-6-4-3-5-7-17/h3-14H,15H2,1-2H3,(H,31,32). The van der Waals surface area contributed by atoms with E-state index in [9.17, 15) is 14.7 Å². The van der Waals surface area contributed by atoms with E-state index in [1.54, 1.807) is 38.3 Å². The van der Waals surface area contributed by atoms with E-state index in [0.717, 1.165) is 11.1 Å². The maximum atomic E-state index is 13.1. The number of carbonyl (C=O) groups excluding carboxylic acids is 1. The fourth-order valence-electron chi connectivity index (χ4n) is 3.46. The van der Waals surface area contributed by atoms with Crippen LogP contribution in [-0.4, -0.2) is 29.8 Å². The number of carboxylic acid groups (broad SMARTS) is 1. The first-order chi connectivity index (χ1) is 16.4. The Morgan fingerprint density at radius 3 is 2.56 bits per heavy atom. The number of methoxy groups -OCH3 is 1. The molecule has 1 aliphatic heterocycles. The number of nitrogens with zero attached hydrogens (tertiary/aromatic N) is 2. The van der Waals surface area contributed by atoms with Crippen LogP contribution in [0.1, 0.15) is 28.4 Å². The third kappa shape index (κ3) is 4.79. The summed E-state index contributed by atoms with van der Waals surface area (Å²) in [5.74, 6) is -0.442. The van der Waals surface area contributed by atoms with E-state index in [1.807, 2.05) is 36.4 Å². The Bertz CT molecular complexity index is 1320. The van der Waals surface area contributed by atoms with Crippen molar-refractivity contribution in [2.75, 3.05) is 12.1 Å². The van der Waals surface area contributed by atoms with Gasteiger partial charge in [-0.2, -0.15) is 10.1 Å². The lowest BCUT2D eigenvalue weighted by atomic mass is 10.1. The maximum Gasteiger partial charge on any atom is 0.337 e. The first kappa shape index (κ1) is 23.1. The lowest BCUT2D eigenvalue weighted by molar-refractivity contribution is -0.114. The predicted molar refractivity (Wildman–Crippen MR) is 131 cm³/mol. The topological polar surface area (TPSA) is 88.4 Å². The van der Waals surface area contributed by atoms with Gasteiger partial charge < -0.3 is 14.6 Å². The number of anilines is 1. The first-order valence-electron chi connectivity index (χ1n) is 10.4. The highest BCUT2D eigenvalue weighted by Gasteiger charge is 2.29. The molecular weight excluding hydrogens is 456 g/mol. The fraction of sp³-hybridized carbons (Fsp3) is 0.115. The second-order valence-electron chi connectivity index (χ2n) is 7.51. The Labute approximate surface area is 201 Å². The Morgan fingerprint density at radius 2 is 1.85 bits per heavy atom. The van der Waals surface area contributed by atoms with Gasteiger partial charge in [0.05, 0.1) is 34.7 Å². The minimum atomic E-state index is -1.18. The number of hydrogen-bond donors (Lipinski definition) is 1. The third-order valence-corrected chi connectivity index (χ3v) is 5.55. The van der Waals surface area contributed by atoms with Crippen LogP contribution < -0.4 is 14.5 Å². The third-order valence-electron chi connectivity index (χ3n) is 5.22. The molecule has 0 fully saturated rings. The van der Waals surface area contributed by atoms with Gasteiger partial charge in [-0.15, -0.1) is 0 Å². The zero-order valence-corrected chi connectivity index (χ0v) is 19.2. The number of rotatable bonds is 7. The van der Waals surface area contributed by atoms with Crippen molar-refractivity contribution in [3.05, 3.63) is 94.0 Å². The van der Waals surface area contributed by atoms with Crippen LogP contribution in [-0.2, 0) is 11.4 Å². The van der Waals surface area contributed by atoms with Crippen molar-refractivity contribution in [2.24, 2.45) is 5.10 Å². The van der Waals surface area contributed by atoms with Gasteiger partial charge in [0.15, 0.2) is 11.5 Å². The van der Waals surface area contributed by atoms with Crippen molar-refractivity contribution in [1.29, 1.82) is 0 Å². The van der Waals surface area contributed by atoms with Crippen LogP contribution in [0.3, 0.4) is 0 Å². The number of halogens is 1. The quantitative estimate of drug-likeness (QED) is 0.459. The Morgan fingerprint density at radius 1 is 1.09 bits per heavy atom. The number of aromatic carboxylic acids is 1. The molecule has 1 N–H and O–H groups in total. The molecule has 0 saturated heterocycles. The average Bonchev–Trinajstić information content (AvgIpc) is 3.12. The van der Waals surface area contributed by atoms with E-state index >= 15 is 0 Å². The summed E-state index contributed by atoms with van der Waals surface area (Å²) >= 11 is 5.94. The van der Waals surface area contributed by atoms with E-state index in [1.165, 1.54) is 17.1 Å². The van der Waals surface area contributed by atoms with Crippen LogP contribution in [0.4, 0.5) is 5.69 Å². The van der Waals surface area contributed by atoms with Crippen molar-refractivity contribution in [3.63, 3.8) is 0 Å². The largest absolute Gasteiger partial charge is 0.493 e. The van der Waals surface area contributed by atoms with E-state index in [2.05, 4.69) is 5.10 Å². The molecule has 0 saturated carbocycles. The highest BCUT2D eigenvalue weighted by molar-refractivity contribution is 6.34. The van der Waals surface area contributed by atoms with Gasteiger partial charge in [0.2, 0.25) is 0 Å². The van der Waals surface area contributed by atoms with Crippen LogP contribution in [0.15, 0.2) is 77.4 Å². The summed E-state index contributed by atoms with van der Waals surface area (Å²) in [5, 5.41) is 14.9. The molecule has 1 heterocycles. The zero-order chi connectivity index (χ0) is 24.2. The molecule has 1 amide bonds. The summed E-state index contributed by atoms with van der Waals surface area (Å²) in [6.45, 7) is 2.11. The SMILES string of the molecule is COc1cc(C=C2C(=O)N(c3ccc(Cl)c(C(=O)O)c3)N=C2C)ccc1OCc1ccccc1. The molecule has 172 valence electrons. The van der Waals surface area contributed by atoms with Crippen molar-refractivity contribution in [2.45, 2.75) is 13.5 Å². The molecule has 4 rings (SSSR count). The summed E-state index contributed by atoms with van der Waals surface area (Å²) < 4.78 is 11.4. The second kappa shape index (κ2) is 9.80. The lowest BCUT2D eigenvalue weighted by Crippen LogP contribution is -2.21. The molecule has 0 atom stereocenters. The molecule has 0 bridgehead atoms. The second-order valence-corrected chi connectivity index (χ2v) is 7.92. The molecule has 8 heteroatoms. The minimum Gasteiger partial charge on any atom is -0.493 e. The van der Waals surface area contributed by atoms with Crippen LogP contribution in [0, 0.1) is 0 Å². The van der Waals surface area contributed by atoms with Crippen molar-refractivity contribution in [1.82, 2.24) is 0 Å². The predicted octanol–water partition coefficient (Wildman–Crippen LogP) is 5.43. The number of hydrazone groups is 1. The van der Waals surface area contributed by atoms with E-state index < -0.39 is 5.97 Å². The molecule has 0 aromatic heterocycles. The van der Waals surface area contributed by atoms with Gasteiger partial charge in [0.1, 0.15) is 6.61 Å². The molecule has 3 aromatic rings. The number of carboxylic acids is 1. The van der Waals surface area contributed by atoms with Crippen LogP contribution >= 0.6 is 11.6 Å². The van der Waals surface area contributed by atoms with Crippen molar-refractivity contribution in [3.8, 4) is 11.5 Å². The molecule has 3 aromatic carbocycles. The molecular formula is C26H21ClN2O5. The van der Waals surface area contributed by atoms with E-state index in [0.29, 0.717) is 35.1 Å². The molecule has 7 nitrogen and oxygen atoms in total. The summed E-state index contributed by atoms with van der Waals surface area (Å²) in [6.07, 6.45) is 1.71. The smallest absolute Gasteiger partial charge is 0.337 e. The van der Waals surface area contributed by atoms with E-state index in [4.69, 9.17) is 21.1 Å². The number of hydrogen-bond acceptors (Lipinski definition) is 5. The van der Waals surface area contributed by atoms with Gasteiger partial charge in [-0.3, -0.25) is 4.79 Å². The Hall–Kier alpha value is -4.10. The van der Waals surface area contributed by atoms with E-state index in [-0.39, 0.29) is 16.5 Å². The Kier molecular flexibility index (Phi) is 6.65. The lowest BCUT2D eigenvalue weighted by Gasteiger charge is -2.13. The minimum absolute atomic E-state index is 0.0843. The summed E-state index contributed by atoms with van der Waals surface area (Å²) in [7, 11) is 1.55. The van der Waals surface area contributed by atoms with Crippen molar-refractivity contribution < 1.29 is 24.2 Å². The Balaban J connectivity index is 1.57. The van der Waals surface area contributed by atoms with Gasteiger partial charge in [-0.05, 0) is 54.5 Å². The highest BCUT2D eigenvalue weighted by atomic mass is 35.5. The average molecular weight is 477 g/mol. The number of benzene rings is 3. The molecule has 0 unspecified atom stereocenters. The van der Waals surface area contributed by atoms with Gasteiger partial charge >= 0.3 is 5.97 Å². The van der Waals surface area contributed by atoms with Gasteiger partial charge in [0, 0.05) is 0 Å². The molecule has 0 spiro atoms. The fourth-order valence-corrected chi connectivity index (χ4v) is 3.66. The number of amides is 1. The summed E-state index contributed by atoms with van der Waals surface area (Å²) in [5.41, 5.74) is 2.86. The molecule has 0 aliphatic carbocycles. The normalized spacial score (nSPS) is 14.3. The maximum absolute atomic E-state index is 13.1. The zero-order valence-electron chi connectivity index (χ0n) is 18.5. The first-order valence-corrected chi connectivity index (χ1v) is 10.7. The van der Waals surface area contributed by atoms with Gasteiger partial charge in [0.25, 0.3) is 5.91 Å². The van der Waals surface area contributed by atoms with Crippen LogP contribution in [0.5, 0.6) is 11.5 Å². The highest BCUT2D eigenvalue weighted by Crippen LogP contribution is 2.32. The summed E-state index contributed by atoms with van der Waals surface area (Å²) in [4.78, 5) is 24.5. The molecule has 1 aliphatic rings. The van der Waals surface area contributed by atoms with Gasteiger partial charge in [-0.25, -0.2) is 4.79 Å². The van der Waals surface area contributed by atoms with Crippen LogP contribution in [0.25, 0.3) is 6.08 Å². The molecule has 34 heavy (non-hydrogen) atoms. The van der Waals surface area contributed by atoms with Crippen molar-refractivity contribution >= 4 is 41.0 Å². The van der Waals surface area contributed by atoms with Gasteiger partial charge in [-0.1, -0.05) is 48.0 Å². The summed E-state index contributed by atoms with van der Waals surface area (Å²) in [6, 6.07) is 19.5. The monoisotopic (exact) mass is 476 g/mol.